The topological polar surface area (TPSA) is 141 Å². The monoisotopic (exact) mass is 714 g/mol. The predicted octanol–water partition coefficient (Wildman–Crippen LogP) is 8.49. The lowest BCUT2D eigenvalue weighted by molar-refractivity contribution is 0.0898. The third-order valence-corrected chi connectivity index (χ3v) is 9.04. The molecule has 0 saturated heterocycles. The van der Waals surface area contributed by atoms with E-state index in [-0.39, 0.29) is 30.6 Å². The molecule has 0 fully saturated rings. The van der Waals surface area contributed by atoms with E-state index in [2.05, 4.69) is 0 Å². The van der Waals surface area contributed by atoms with Gasteiger partial charge in [-0.15, -0.1) is 0 Å². The maximum absolute atomic E-state index is 15.0. The summed E-state index contributed by atoms with van der Waals surface area (Å²) in [6, 6.07) is 20.9. The molecular formula is C40H38F4N4O4. The van der Waals surface area contributed by atoms with Crippen LogP contribution in [0, 0.1) is 23.3 Å². The summed E-state index contributed by atoms with van der Waals surface area (Å²) in [7, 11) is 3.00. The maximum atomic E-state index is 15.0. The smallest absolute Gasteiger partial charge is 0.173 e. The van der Waals surface area contributed by atoms with E-state index in [0.717, 1.165) is 12.0 Å². The fraction of sp³-hybridized carbons (Fsp3) is 0.200. The molecule has 0 radical (unpaired) electrons. The van der Waals surface area contributed by atoms with Gasteiger partial charge in [0.15, 0.2) is 40.5 Å². The zero-order chi connectivity index (χ0) is 37.1. The summed E-state index contributed by atoms with van der Waals surface area (Å²) in [4.78, 5) is 0. The Balaban J connectivity index is 0.000000179. The molecule has 270 valence electrons. The molecule has 8 nitrogen and oxygen atoms in total. The second-order valence-electron chi connectivity index (χ2n) is 12.5. The van der Waals surface area contributed by atoms with Crippen LogP contribution in [0.4, 0.5) is 40.3 Å². The van der Waals surface area contributed by atoms with Crippen LogP contribution in [0.25, 0.3) is 21.5 Å². The Morgan fingerprint density at radius 2 is 1.25 bits per heavy atom. The number of aryl methyl sites for hydroxylation is 1. The largest absolute Gasteiger partial charge is 0.494 e. The lowest BCUT2D eigenvalue weighted by atomic mass is 9.87. The van der Waals surface area contributed by atoms with Gasteiger partial charge in [0.25, 0.3) is 0 Å². The summed E-state index contributed by atoms with van der Waals surface area (Å²) in [5.41, 5.74) is 26.3. The normalized spacial score (nSPS) is 13.7. The highest BCUT2D eigenvalue weighted by molar-refractivity contribution is 6.08. The van der Waals surface area contributed by atoms with E-state index >= 15 is 4.39 Å². The van der Waals surface area contributed by atoms with Crippen molar-refractivity contribution in [1.29, 1.82) is 0 Å². The van der Waals surface area contributed by atoms with Gasteiger partial charge in [-0.05, 0) is 88.8 Å². The lowest BCUT2D eigenvalue weighted by Crippen LogP contribution is -2.23. The first kappa shape index (κ1) is 35.9. The number of nitrogens with two attached hydrogens (primary N) is 4. The Bertz CT molecular complexity index is 2260. The fourth-order valence-electron chi connectivity index (χ4n) is 6.38. The van der Waals surface area contributed by atoms with Crippen molar-refractivity contribution in [3.63, 3.8) is 0 Å². The fourth-order valence-corrected chi connectivity index (χ4v) is 6.38. The van der Waals surface area contributed by atoms with Gasteiger partial charge in [-0.2, -0.15) is 0 Å². The average Bonchev–Trinajstić information content (AvgIpc) is 3.12. The van der Waals surface area contributed by atoms with Crippen molar-refractivity contribution in [2.24, 2.45) is 0 Å². The summed E-state index contributed by atoms with van der Waals surface area (Å²) in [5.74, 6) is -1.62. The first-order valence-corrected chi connectivity index (χ1v) is 16.5. The minimum Gasteiger partial charge on any atom is -0.494 e. The second-order valence-corrected chi connectivity index (χ2v) is 12.5. The minimum absolute atomic E-state index is 0.0207. The standard InChI is InChI=1S/C21H16F2N2O2.C19H22F2N2O2/c1-26-18-8-5-12-13-6-9-19(27-17-7-2-11(24)10-16(17)25)21(23)15(13)4-3-14(12)20(18)22;1-24-15-3-2-11-6-12(18(20)19(21)17(11)10-15)4-5-25-16-8-13(22)7-14(23)9-16/h2-10H,24-25H2,1H3;6-9,15H,2-5,10,22-23H2,1H3. The highest BCUT2D eigenvalue weighted by atomic mass is 19.2. The number of nitrogen functional groups attached to an aromatic ring is 4. The summed E-state index contributed by atoms with van der Waals surface area (Å²) in [5, 5.41) is 1.84. The Kier molecular flexibility index (Phi) is 10.5. The van der Waals surface area contributed by atoms with Crippen LogP contribution in [-0.2, 0) is 24.0 Å². The average molecular weight is 715 g/mol. The van der Waals surface area contributed by atoms with Crippen LogP contribution >= 0.6 is 0 Å². The molecule has 6 aromatic carbocycles. The summed E-state index contributed by atoms with van der Waals surface area (Å²) in [6.45, 7) is 0.207. The van der Waals surface area contributed by atoms with Crippen LogP contribution in [0.3, 0.4) is 0 Å². The number of hydrogen-bond acceptors (Lipinski definition) is 8. The molecule has 0 saturated carbocycles. The van der Waals surface area contributed by atoms with Crippen molar-refractivity contribution in [3.05, 3.63) is 119 Å². The van der Waals surface area contributed by atoms with Crippen LogP contribution in [0.2, 0.25) is 0 Å². The molecule has 7 rings (SSSR count). The number of hydrogen-bond donors (Lipinski definition) is 4. The Morgan fingerprint density at radius 1 is 0.635 bits per heavy atom. The van der Waals surface area contributed by atoms with Crippen LogP contribution in [0.1, 0.15) is 23.1 Å². The zero-order valence-corrected chi connectivity index (χ0v) is 28.6. The molecule has 1 aliphatic rings. The van der Waals surface area contributed by atoms with Gasteiger partial charge in [-0.3, -0.25) is 0 Å². The van der Waals surface area contributed by atoms with Crippen molar-refractivity contribution in [1.82, 2.24) is 0 Å². The predicted molar refractivity (Wildman–Crippen MR) is 197 cm³/mol. The number of ether oxygens (including phenoxy) is 4. The molecule has 1 unspecified atom stereocenters. The Labute approximate surface area is 297 Å². The van der Waals surface area contributed by atoms with Gasteiger partial charge in [-0.1, -0.05) is 18.2 Å². The SMILES string of the molecule is COC1CCc2cc(CCOc3cc(N)cc(N)c3)c(F)c(F)c2C1.COc1ccc2c(ccc3c(F)c(Oc4ccc(N)cc4N)ccc32)c1F. The van der Waals surface area contributed by atoms with E-state index in [9.17, 15) is 13.2 Å². The number of halogens is 4. The molecule has 1 aliphatic carbocycles. The summed E-state index contributed by atoms with van der Waals surface area (Å²) >= 11 is 0. The molecule has 0 spiro atoms. The molecule has 0 bridgehead atoms. The first-order chi connectivity index (χ1) is 25.0. The molecular weight excluding hydrogens is 676 g/mol. The molecule has 52 heavy (non-hydrogen) atoms. The molecule has 1 atom stereocenters. The molecule has 12 heteroatoms. The molecule has 8 N–H and O–H groups in total. The lowest BCUT2D eigenvalue weighted by Gasteiger charge is -2.25. The van der Waals surface area contributed by atoms with Crippen molar-refractivity contribution in [2.75, 3.05) is 43.8 Å². The van der Waals surface area contributed by atoms with Gasteiger partial charge < -0.3 is 41.9 Å². The van der Waals surface area contributed by atoms with E-state index in [1.165, 1.54) is 37.4 Å². The number of anilines is 4. The number of rotatable bonds is 8. The van der Waals surface area contributed by atoms with Gasteiger partial charge in [0.05, 0.1) is 25.5 Å². The summed E-state index contributed by atoms with van der Waals surface area (Å²) < 4.78 is 79.8. The van der Waals surface area contributed by atoms with Crippen LogP contribution in [-0.4, -0.2) is 26.9 Å². The van der Waals surface area contributed by atoms with Crippen LogP contribution < -0.4 is 37.1 Å². The van der Waals surface area contributed by atoms with Crippen molar-refractivity contribution >= 4 is 44.3 Å². The minimum atomic E-state index is -0.800. The van der Waals surface area contributed by atoms with Gasteiger partial charge in [0.1, 0.15) is 5.75 Å². The molecule has 0 amide bonds. The zero-order valence-electron chi connectivity index (χ0n) is 28.6. The van der Waals surface area contributed by atoms with E-state index in [4.69, 9.17) is 41.9 Å². The highest BCUT2D eigenvalue weighted by Gasteiger charge is 2.25. The highest BCUT2D eigenvalue weighted by Crippen LogP contribution is 2.38. The van der Waals surface area contributed by atoms with E-state index in [1.807, 2.05) is 0 Å². The number of methoxy groups -OCH3 is 2. The Morgan fingerprint density at radius 3 is 1.88 bits per heavy atom. The van der Waals surface area contributed by atoms with Crippen LogP contribution in [0.15, 0.2) is 78.9 Å². The van der Waals surface area contributed by atoms with E-state index in [1.54, 1.807) is 55.6 Å². The van der Waals surface area contributed by atoms with Gasteiger partial charge in [-0.25, -0.2) is 17.6 Å². The van der Waals surface area contributed by atoms with E-state index < -0.39 is 23.3 Å². The van der Waals surface area contributed by atoms with Gasteiger partial charge >= 0.3 is 0 Å². The second kappa shape index (κ2) is 15.2. The maximum Gasteiger partial charge on any atom is 0.173 e. The molecule has 0 aliphatic heterocycles. The summed E-state index contributed by atoms with van der Waals surface area (Å²) in [6.07, 6.45) is 2.12. The van der Waals surface area contributed by atoms with Crippen molar-refractivity contribution in [3.8, 4) is 23.0 Å². The van der Waals surface area contributed by atoms with Crippen molar-refractivity contribution < 1.29 is 36.5 Å². The molecule has 6 aromatic rings. The van der Waals surface area contributed by atoms with Gasteiger partial charge in [0.2, 0.25) is 0 Å². The number of fused-ring (bicyclic) bond motifs is 4. The third-order valence-electron chi connectivity index (χ3n) is 9.04. The third kappa shape index (κ3) is 7.42. The number of benzene rings is 6. The van der Waals surface area contributed by atoms with Crippen molar-refractivity contribution in [2.45, 2.75) is 31.8 Å². The molecule has 0 aromatic heterocycles. The van der Waals surface area contributed by atoms with E-state index in [0.29, 0.717) is 79.8 Å². The Hall–Kier alpha value is -5.88. The quantitative estimate of drug-likeness (QED) is 0.0699. The van der Waals surface area contributed by atoms with Gasteiger partial charge in [0, 0.05) is 59.9 Å². The first-order valence-electron chi connectivity index (χ1n) is 16.5. The van der Waals surface area contributed by atoms with Crippen LogP contribution in [0.5, 0.6) is 23.0 Å². The molecule has 0 heterocycles.